The van der Waals surface area contributed by atoms with Crippen LogP contribution in [-0.4, -0.2) is 35.0 Å². The van der Waals surface area contributed by atoms with Crippen molar-refractivity contribution < 1.29 is 14.3 Å². The predicted molar refractivity (Wildman–Crippen MR) is 64.2 cm³/mol. The van der Waals surface area contributed by atoms with E-state index in [4.69, 9.17) is 10.5 Å². The first-order valence-corrected chi connectivity index (χ1v) is 5.89. The topological polar surface area (TPSA) is 85.5 Å². The maximum atomic E-state index is 11.9. The van der Waals surface area contributed by atoms with E-state index in [9.17, 15) is 9.59 Å². The Kier molecular flexibility index (Phi) is 3.76. The van der Waals surface area contributed by atoms with E-state index in [2.05, 4.69) is 4.98 Å². The Morgan fingerprint density at radius 3 is 2.67 bits per heavy atom. The fourth-order valence-corrected chi connectivity index (χ4v) is 1.89. The fourth-order valence-electron chi connectivity index (χ4n) is 1.89. The van der Waals surface area contributed by atoms with E-state index in [0.29, 0.717) is 13.1 Å². The molecule has 0 radical (unpaired) electrons. The first kappa shape index (κ1) is 12.3. The molecule has 1 aromatic rings. The molecule has 0 unspecified atom stereocenters. The van der Waals surface area contributed by atoms with Crippen LogP contribution < -0.4 is 10.5 Å². The Balaban J connectivity index is 2.08. The van der Waals surface area contributed by atoms with Crippen LogP contribution in [-0.2, 0) is 0 Å². The quantitative estimate of drug-likeness (QED) is 0.852. The Hall–Kier alpha value is -2.11. The number of hydrogen-bond acceptors (Lipinski definition) is 4. The summed E-state index contributed by atoms with van der Waals surface area (Å²) in [7, 11) is 0. The molecule has 0 bridgehead atoms. The van der Waals surface area contributed by atoms with Gasteiger partial charge in [-0.25, -0.2) is 4.79 Å². The monoisotopic (exact) mass is 249 g/mol. The summed E-state index contributed by atoms with van der Waals surface area (Å²) >= 11 is 0. The average molecular weight is 249 g/mol. The Morgan fingerprint density at radius 1 is 1.28 bits per heavy atom. The number of rotatable bonds is 2. The van der Waals surface area contributed by atoms with Crippen LogP contribution in [0.15, 0.2) is 18.5 Å². The maximum absolute atomic E-state index is 11.9. The molecule has 2 N–H and O–H groups in total. The molecule has 0 aliphatic carbocycles. The molecule has 0 atom stereocenters. The zero-order valence-electron chi connectivity index (χ0n) is 9.96. The van der Waals surface area contributed by atoms with Crippen LogP contribution in [0.25, 0.3) is 0 Å². The van der Waals surface area contributed by atoms with Gasteiger partial charge in [0.25, 0.3) is 5.91 Å². The van der Waals surface area contributed by atoms with Crippen LogP contribution in [0.2, 0.25) is 0 Å². The molecule has 2 amide bonds. The molecule has 1 saturated heterocycles. The number of hydrogen-bond donors (Lipinski definition) is 1. The third-order valence-corrected chi connectivity index (χ3v) is 2.86. The van der Waals surface area contributed by atoms with Crippen LogP contribution in [0, 0.1) is 0 Å². The highest BCUT2D eigenvalue weighted by Gasteiger charge is 2.20. The van der Waals surface area contributed by atoms with Gasteiger partial charge in [0.2, 0.25) is 0 Å². The summed E-state index contributed by atoms with van der Waals surface area (Å²) in [4.78, 5) is 28.4. The van der Waals surface area contributed by atoms with Crippen LogP contribution in [0.1, 0.15) is 29.6 Å². The van der Waals surface area contributed by atoms with E-state index in [-0.39, 0.29) is 11.3 Å². The van der Waals surface area contributed by atoms with Gasteiger partial charge in [-0.2, -0.15) is 0 Å². The van der Waals surface area contributed by atoms with E-state index in [1.54, 1.807) is 4.90 Å². The van der Waals surface area contributed by atoms with E-state index in [1.807, 2.05) is 0 Å². The Labute approximate surface area is 105 Å². The molecule has 0 aromatic carbocycles. The Morgan fingerprint density at radius 2 is 2.00 bits per heavy atom. The second-order valence-corrected chi connectivity index (χ2v) is 4.15. The summed E-state index contributed by atoms with van der Waals surface area (Å²) in [5.41, 5.74) is 5.30. The summed E-state index contributed by atoms with van der Waals surface area (Å²) in [5.74, 6) is -0.502. The predicted octanol–water partition coefficient (Wildman–Crippen LogP) is 1.17. The molecule has 2 heterocycles. The highest BCUT2D eigenvalue weighted by Crippen LogP contribution is 2.18. The number of carbonyl (C=O) groups excluding carboxylic acids is 2. The molecule has 6 heteroatoms. The van der Waals surface area contributed by atoms with E-state index >= 15 is 0 Å². The number of pyridine rings is 1. The minimum atomic E-state index is -0.662. The van der Waals surface area contributed by atoms with E-state index in [1.165, 1.54) is 18.5 Å². The second kappa shape index (κ2) is 5.48. The molecule has 0 saturated carbocycles. The third-order valence-electron chi connectivity index (χ3n) is 2.86. The molecule has 1 aromatic heterocycles. The van der Waals surface area contributed by atoms with Crippen LogP contribution in [0.5, 0.6) is 5.75 Å². The number of carbonyl (C=O) groups is 2. The van der Waals surface area contributed by atoms with Gasteiger partial charge >= 0.3 is 6.09 Å². The van der Waals surface area contributed by atoms with Crippen LogP contribution in [0.3, 0.4) is 0 Å². The molecule has 6 nitrogen and oxygen atoms in total. The Bertz CT molecular complexity index is 456. The van der Waals surface area contributed by atoms with Gasteiger partial charge in [0.15, 0.2) is 0 Å². The lowest BCUT2D eigenvalue weighted by Crippen LogP contribution is -2.37. The molecule has 18 heavy (non-hydrogen) atoms. The van der Waals surface area contributed by atoms with Crippen LogP contribution >= 0.6 is 0 Å². The largest absolute Gasteiger partial charge is 0.415 e. The first-order valence-electron chi connectivity index (χ1n) is 5.89. The lowest BCUT2D eigenvalue weighted by atomic mass is 10.1. The summed E-state index contributed by atoms with van der Waals surface area (Å²) < 4.78 is 5.19. The van der Waals surface area contributed by atoms with Crippen molar-refractivity contribution in [1.82, 2.24) is 9.88 Å². The zero-order chi connectivity index (χ0) is 13.0. The molecule has 0 spiro atoms. The molecule has 96 valence electrons. The summed E-state index contributed by atoms with van der Waals surface area (Å²) in [6, 6.07) is 1.46. The van der Waals surface area contributed by atoms with Crippen molar-refractivity contribution in [3.8, 4) is 5.75 Å². The molecule has 2 rings (SSSR count). The summed E-state index contributed by atoms with van der Waals surface area (Å²) in [6.45, 7) is 1.38. The molecule has 1 aliphatic heterocycles. The number of ether oxygens (including phenoxy) is 1. The van der Waals surface area contributed by atoms with Crippen LogP contribution in [0.4, 0.5) is 4.79 Å². The molecular formula is C12H15N3O3. The molecule has 1 aliphatic rings. The normalized spacial score (nSPS) is 15.2. The highest BCUT2D eigenvalue weighted by atomic mass is 16.6. The van der Waals surface area contributed by atoms with Gasteiger partial charge in [-0.3, -0.25) is 9.78 Å². The minimum absolute atomic E-state index is 0.114. The second-order valence-electron chi connectivity index (χ2n) is 4.15. The summed E-state index contributed by atoms with van der Waals surface area (Å²) in [6.07, 6.45) is 5.39. The highest BCUT2D eigenvalue weighted by molar-refractivity contribution is 5.95. The maximum Gasteiger partial charge on any atom is 0.415 e. The van der Waals surface area contributed by atoms with Gasteiger partial charge < -0.3 is 15.4 Å². The number of aromatic nitrogens is 1. The van der Waals surface area contributed by atoms with Crippen molar-refractivity contribution in [2.45, 2.75) is 19.3 Å². The SMILES string of the molecule is NC(=O)c1cnccc1OC(=O)N1CCCCC1. The van der Waals surface area contributed by atoms with Gasteiger partial charge in [-0.05, 0) is 19.3 Å². The van der Waals surface area contributed by atoms with E-state index in [0.717, 1.165) is 19.3 Å². The van der Waals surface area contributed by atoms with Crippen molar-refractivity contribution in [2.75, 3.05) is 13.1 Å². The standard InChI is InChI=1S/C12H15N3O3/c13-11(16)9-8-14-5-4-10(9)18-12(17)15-6-2-1-3-7-15/h4-5,8H,1-3,6-7H2,(H2,13,16). The van der Waals surface area contributed by atoms with Gasteiger partial charge in [0, 0.05) is 31.5 Å². The van der Waals surface area contributed by atoms with Crippen molar-refractivity contribution in [1.29, 1.82) is 0 Å². The van der Waals surface area contributed by atoms with Crippen molar-refractivity contribution in [3.05, 3.63) is 24.0 Å². The number of piperidine rings is 1. The average Bonchev–Trinajstić information content (AvgIpc) is 2.40. The molecular weight excluding hydrogens is 234 g/mol. The number of likely N-dealkylation sites (tertiary alicyclic amines) is 1. The zero-order valence-corrected chi connectivity index (χ0v) is 9.96. The lowest BCUT2D eigenvalue weighted by molar-refractivity contribution is 0.0995. The van der Waals surface area contributed by atoms with Gasteiger partial charge in [-0.1, -0.05) is 0 Å². The first-order chi connectivity index (χ1) is 8.68. The van der Waals surface area contributed by atoms with Crippen molar-refractivity contribution in [3.63, 3.8) is 0 Å². The molecule has 1 fully saturated rings. The summed E-state index contributed by atoms with van der Waals surface area (Å²) in [5, 5.41) is 0. The van der Waals surface area contributed by atoms with Gasteiger partial charge in [0.05, 0.1) is 0 Å². The van der Waals surface area contributed by atoms with Gasteiger partial charge in [-0.15, -0.1) is 0 Å². The number of amides is 2. The van der Waals surface area contributed by atoms with Gasteiger partial charge in [0.1, 0.15) is 11.3 Å². The third kappa shape index (κ3) is 2.77. The van der Waals surface area contributed by atoms with Crippen molar-refractivity contribution in [2.24, 2.45) is 5.73 Å². The smallest absolute Gasteiger partial charge is 0.409 e. The number of nitrogens with zero attached hydrogens (tertiary/aromatic N) is 2. The lowest BCUT2D eigenvalue weighted by Gasteiger charge is -2.25. The number of primary amides is 1. The van der Waals surface area contributed by atoms with Crippen molar-refractivity contribution >= 4 is 12.0 Å². The van der Waals surface area contributed by atoms with E-state index < -0.39 is 12.0 Å². The fraction of sp³-hybridized carbons (Fsp3) is 0.417. The minimum Gasteiger partial charge on any atom is -0.409 e. The number of nitrogens with two attached hydrogens (primary N) is 1.